The van der Waals surface area contributed by atoms with E-state index >= 15 is 0 Å². The Kier molecular flexibility index (Phi) is 5.68. The van der Waals surface area contributed by atoms with Crippen molar-refractivity contribution >= 4 is 34.1 Å². The van der Waals surface area contributed by atoms with Gasteiger partial charge in [0, 0.05) is 61.9 Å². The second-order valence-corrected chi connectivity index (χ2v) is 7.56. The number of rotatable bonds is 5. The molecule has 2 amide bonds. The Bertz CT molecular complexity index is 1080. The van der Waals surface area contributed by atoms with Crippen molar-refractivity contribution in [3.63, 3.8) is 0 Å². The summed E-state index contributed by atoms with van der Waals surface area (Å²) in [4.78, 5) is 44.2. The third-order valence-corrected chi connectivity index (χ3v) is 5.60. The molecule has 0 unspecified atom stereocenters. The van der Waals surface area contributed by atoms with Gasteiger partial charge in [-0.2, -0.15) is 0 Å². The topological polar surface area (TPSA) is 103 Å². The van der Waals surface area contributed by atoms with E-state index in [4.69, 9.17) is 0 Å². The highest BCUT2D eigenvalue weighted by molar-refractivity contribution is 5.98. The molecule has 2 aromatic carbocycles. The molecule has 0 spiro atoms. The number of aromatic amines is 1. The number of aromatic nitrogens is 1. The van der Waals surface area contributed by atoms with Crippen LogP contribution in [0, 0.1) is 10.1 Å². The largest absolute Gasteiger partial charge is 0.351 e. The minimum Gasteiger partial charge on any atom is -0.351 e. The Labute approximate surface area is 179 Å². The Morgan fingerprint density at radius 3 is 2.39 bits per heavy atom. The number of carbonyl (C=O) groups is 2. The lowest BCUT2D eigenvalue weighted by Crippen LogP contribution is -2.51. The number of anilines is 1. The maximum atomic E-state index is 12.8. The van der Waals surface area contributed by atoms with Gasteiger partial charge in [-0.05, 0) is 24.3 Å². The number of amides is 2. The summed E-state index contributed by atoms with van der Waals surface area (Å²) < 4.78 is 0. The highest BCUT2D eigenvalue weighted by Gasteiger charge is 2.25. The number of nitro benzene ring substituents is 1. The lowest BCUT2D eigenvalue weighted by Gasteiger charge is -2.34. The summed E-state index contributed by atoms with van der Waals surface area (Å²) in [6.45, 7) is 2.52. The molecule has 1 fully saturated rings. The van der Waals surface area contributed by atoms with Crippen LogP contribution in [0.1, 0.15) is 10.5 Å². The lowest BCUT2D eigenvalue weighted by molar-refractivity contribution is -0.384. The summed E-state index contributed by atoms with van der Waals surface area (Å²) in [5.74, 6) is -0.144. The number of benzene rings is 2. The number of likely N-dealkylation sites (N-methyl/N-ethyl adjacent to an activating group) is 1. The first-order chi connectivity index (χ1) is 14.9. The lowest BCUT2D eigenvalue weighted by atomic mass is 10.2. The van der Waals surface area contributed by atoms with Crippen LogP contribution in [-0.2, 0) is 4.79 Å². The Morgan fingerprint density at radius 2 is 1.74 bits per heavy atom. The van der Waals surface area contributed by atoms with Crippen LogP contribution in [0.15, 0.2) is 54.6 Å². The van der Waals surface area contributed by atoms with Crippen LogP contribution in [0.4, 0.5) is 11.4 Å². The second-order valence-electron chi connectivity index (χ2n) is 7.56. The van der Waals surface area contributed by atoms with E-state index in [0.29, 0.717) is 37.6 Å². The molecule has 31 heavy (non-hydrogen) atoms. The molecular formula is C22H23N5O4. The van der Waals surface area contributed by atoms with Crippen LogP contribution in [0.5, 0.6) is 0 Å². The fourth-order valence-corrected chi connectivity index (χ4v) is 3.71. The molecule has 2 heterocycles. The number of fused-ring (bicyclic) bond motifs is 1. The molecular weight excluding hydrogens is 398 g/mol. The van der Waals surface area contributed by atoms with Crippen LogP contribution in [0.25, 0.3) is 10.9 Å². The average Bonchev–Trinajstić information content (AvgIpc) is 3.23. The number of piperazine rings is 1. The molecule has 1 saturated heterocycles. The highest BCUT2D eigenvalue weighted by atomic mass is 16.6. The Hall–Kier alpha value is -3.72. The van der Waals surface area contributed by atoms with Gasteiger partial charge < -0.3 is 14.8 Å². The van der Waals surface area contributed by atoms with Crippen molar-refractivity contribution in [3.8, 4) is 0 Å². The van der Waals surface area contributed by atoms with E-state index in [9.17, 15) is 19.7 Å². The molecule has 1 N–H and O–H groups in total. The SMILES string of the molecule is CN(C(=O)CN1CCN(C(=O)c2cc3ccccc3[nH]2)CC1)c1ccc([N+](=O)[O-])cc1. The molecule has 0 saturated carbocycles. The molecule has 1 aliphatic rings. The number of para-hydroxylation sites is 1. The van der Waals surface area contributed by atoms with Crippen molar-refractivity contribution in [2.75, 3.05) is 44.7 Å². The summed E-state index contributed by atoms with van der Waals surface area (Å²) in [6.07, 6.45) is 0. The van der Waals surface area contributed by atoms with E-state index < -0.39 is 4.92 Å². The third kappa shape index (κ3) is 4.41. The smallest absolute Gasteiger partial charge is 0.270 e. The molecule has 0 bridgehead atoms. The molecule has 160 valence electrons. The summed E-state index contributed by atoms with van der Waals surface area (Å²) in [5.41, 5.74) is 2.09. The van der Waals surface area contributed by atoms with Crippen molar-refractivity contribution in [1.82, 2.24) is 14.8 Å². The number of non-ortho nitro benzene ring substituents is 1. The van der Waals surface area contributed by atoms with Crippen LogP contribution < -0.4 is 4.90 Å². The number of carbonyl (C=O) groups excluding carboxylic acids is 2. The summed E-state index contributed by atoms with van der Waals surface area (Å²) in [7, 11) is 1.65. The van der Waals surface area contributed by atoms with E-state index in [1.165, 1.54) is 17.0 Å². The first kappa shape index (κ1) is 20.5. The van der Waals surface area contributed by atoms with E-state index in [1.807, 2.05) is 35.2 Å². The number of hydrogen-bond acceptors (Lipinski definition) is 5. The molecule has 1 aliphatic heterocycles. The normalized spacial score (nSPS) is 14.5. The van der Waals surface area contributed by atoms with Crippen LogP contribution >= 0.6 is 0 Å². The molecule has 0 aliphatic carbocycles. The molecule has 9 nitrogen and oxygen atoms in total. The zero-order chi connectivity index (χ0) is 22.0. The molecule has 0 atom stereocenters. The Morgan fingerprint density at radius 1 is 1.06 bits per heavy atom. The van der Waals surface area contributed by atoms with Gasteiger partial charge >= 0.3 is 0 Å². The monoisotopic (exact) mass is 421 g/mol. The van der Waals surface area contributed by atoms with Crippen LogP contribution in [-0.4, -0.2) is 71.3 Å². The minimum absolute atomic E-state index is 0.0136. The zero-order valence-corrected chi connectivity index (χ0v) is 17.2. The Balaban J connectivity index is 1.31. The summed E-state index contributed by atoms with van der Waals surface area (Å²) in [6, 6.07) is 15.5. The van der Waals surface area contributed by atoms with Gasteiger partial charge in [-0.1, -0.05) is 18.2 Å². The van der Waals surface area contributed by atoms with Crippen molar-refractivity contribution in [1.29, 1.82) is 0 Å². The fourth-order valence-electron chi connectivity index (χ4n) is 3.71. The highest BCUT2D eigenvalue weighted by Crippen LogP contribution is 2.19. The van der Waals surface area contributed by atoms with E-state index in [0.717, 1.165) is 10.9 Å². The average molecular weight is 421 g/mol. The first-order valence-corrected chi connectivity index (χ1v) is 10.0. The van der Waals surface area contributed by atoms with Crippen LogP contribution in [0.3, 0.4) is 0 Å². The van der Waals surface area contributed by atoms with Gasteiger partial charge in [0.1, 0.15) is 5.69 Å². The molecule has 0 radical (unpaired) electrons. The predicted molar refractivity (Wildman–Crippen MR) is 117 cm³/mol. The first-order valence-electron chi connectivity index (χ1n) is 10.0. The molecule has 1 aromatic heterocycles. The zero-order valence-electron chi connectivity index (χ0n) is 17.2. The van der Waals surface area contributed by atoms with Gasteiger partial charge in [-0.15, -0.1) is 0 Å². The van der Waals surface area contributed by atoms with Crippen molar-refractivity contribution in [2.24, 2.45) is 0 Å². The summed E-state index contributed by atoms with van der Waals surface area (Å²) in [5, 5.41) is 11.8. The van der Waals surface area contributed by atoms with E-state index in [2.05, 4.69) is 4.98 Å². The van der Waals surface area contributed by atoms with E-state index in [1.54, 1.807) is 24.1 Å². The number of nitrogens with zero attached hydrogens (tertiary/aromatic N) is 4. The maximum absolute atomic E-state index is 12.8. The third-order valence-electron chi connectivity index (χ3n) is 5.60. The van der Waals surface area contributed by atoms with Crippen molar-refractivity contribution < 1.29 is 14.5 Å². The molecule has 3 aromatic rings. The van der Waals surface area contributed by atoms with Gasteiger partial charge in [0.2, 0.25) is 5.91 Å². The van der Waals surface area contributed by atoms with Crippen molar-refractivity contribution in [2.45, 2.75) is 0 Å². The quantitative estimate of drug-likeness (QED) is 0.504. The number of hydrogen-bond donors (Lipinski definition) is 1. The molecule has 9 heteroatoms. The standard InChI is InChI=1S/C22H23N5O4/c1-24(17-6-8-18(9-7-17)27(30)31)21(28)15-25-10-12-26(13-11-25)22(29)20-14-16-4-2-3-5-19(16)23-20/h2-9,14,23H,10-13,15H2,1H3. The minimum atomic E-state index is -0.470. The number of nitrogens with one attached hydrogen (secondary N) is 1. The van der Waals surface area contributed by atoms with Gasteiger partial charge in [0.05, 0.1) is 11.5 Å². The number of nitro groups is 1. The predicted octanol–water partition coefficient (Wildman–Crippen LogP) is 2.50. The van der Waals surface area contributed by atoms with Gasteiger partial charge in [0.25, 0.3) is 11.6 Å². The fraction of sp³-hybridized carbons (Fsp3) is 0.273. The van der Waals surface area contributed by atoms with Gasteiger partial charge in [-0.25, -0.2) is 0 Å². The second kappa shape index (κ2) is 8.57. The molecule has 4 rings (SSSR count). The van der Waals surface area contributed by atoms with Crippen molar-refractivity contribution in [3.05, 3.63) is 70.4 Å². The summed E-state index contributed by atoms with van der Waals surface area (Å²) >= 11 is 0. The maximum Gasteiger partial charge on any atom is 0.270 e. The van der Waals surface area contributed by atoms with E-state index in [-0.39, 0.29) is 24.0 Å². The van der Waals surface area contributed by atoms with Crippen LogP contribution in [0.2, 0.25) is 0 Å². The van der Waals surface area contributed by atoms with Gasteiger partial charge in [-0.3, -0.25) is 24.6 Å². The van der Waals surface area contributed by atoms with Gasteiger partial charge in [0.15, 0.2) is 0 Å². The number of H-pyrrole nitrogens is 1.